The molecule has 5 heteroatoms. The lowest BCUT2D eigenvalue weighted by Gasteiger charge is -2.30. The summed E-state index contributed by atoms with van der Waals surface area (Å²) < 4.78 is 11.6. The largest absolute Gasteiger partial charge is 0.486 e. The number of hydrogen-bond acceptors (Lipinski definition) is 4. The number of benzene rings is 1. The van der Waals surface area contributed by atoms with E-state index in [1.165, 1.54) is 19.5 Å². The Kier molecular flexibility index (Phi) is 3.89. The summed E-state index contributed by atoms with van der Waals surface area (Å²) >= 11 is 0. The fourth-order valence-corrected chi connectivity index (χ4v) is 3.89. The number of ether oxygens (including phenoxy) is 2. The van der Waals surface area contributed by atoms with Crippen LogP contribution in [0.1, 0.15) is 36.5 Å². The van der Waals surface area contributed by atoms with E-state index in [-0.39, 0.29) is 18.1 Å². The van der Waals surface area contributed by atoms with Crippen LogP contribution in [0.3, 0.4) is 0 Å². The average molecular weight is 316 g/mol. The zero-order valence-corrected chi connectivity index (χ0v) is 13.6. The number of piperidine rings is 1. The first-order valence-electron chi connectivity index (χ1n) is 8.68. The number of nitrogens with zero attached hydrogens (tertiary/aromatic N) is 1. The number of rotatable bonds is 3. The molecule has 4 rings (SSSR count). The number of carbonyl (C=O) groups is 1. The Bertz CT molecular complexity index is 592. The van der Waals surface area contributed by atoms with Crippen molar-refractivity contribution in [2.45, 2.75) is 38.3 Å². The van der Waals surface area contributed by atoms with Crippen LogP contribution < -0.4 is 14.8 Å². The second kappa shape index (κ2) is 6.04. The van der Waals surface area contributed by atoms with Crippen molar-refractivity contribution in [1.29, 1.82) is 0 Å². The van der Waals surface area contributed by atoms with Gasteiger partial charge in [-0.2, -0.15) is 0 Å². The molecule has 1 unspecified atom stereocenters. The van der Waals surface area contributed by atoms with Crippen molar-refractivity contribution in [2.75, 3.05) is 26.2 Å². The molecule has 5 nitrogen and oxygen atoms in total. The lowest BCUT2D eigenvalue weighted by atomic mass is 9.96. The summed E-state index contributed by atoms with van der Waals surface area (Å²) in [5.41, 5.74) is 0.650. The van der Waals surface area contributed by atoms with Crippen molar-refractivity contribution in [1.82, 2.24) is 10.2 Å². The molecule has 124 valence electrons. The van der Waals surface area contributed by atoms with Gasteiger partial charge in [0.05, 0.1) is 0 Å². The third-order valence-corrected chi connectivity index (χ3v) is 5.18. The molecule has 3 aliphatic heterocycles. The van der Waals surface area contributed by atoms with Crippen LogP contribution in [0.5, 0.6) is 11.5 Å². The van der Waals surface area contributed by atoms with Gasteiger partial charge in [-0.15, -0.1) is 0 Å². The lowest BCUT2D eigenvalue weighted by molar-refractivity contribution is 0.0863. The Balaban J connectivity index is 1.44. The van der Waals surface area contributed by atoms with Crippen molar-refractivity contribution in [2.24, 2.45) is 5.92 Å². The van der Waals surface area contributed by atoms with Crippen LogP contribution >= 0.6 is 0 Å². The summed E-state index contributed by atoms with van der Waals surface area (Å²) in [6.07, 6.45) is 3.34. The van der Waals surface area contributed by atoms with Crippen molar-refractivity contribution in [3.8, 4) is 11.5 Å². The summed E-state index contributed by atoms with van der Waals surface area (Å²) in [5, 5.41) is 3.19. The molecule has 1 N–H and O–H groups in total. The highest BCUT2D eigenvalue weighted by atomic mass is 16.6. The summed E-state index contributed by atoms with van der Waals surface area (Å²) in [6, 6.07) is 5.73. The molecular formula is C18H24N2O3. The predicted molar refractivity (Wildman–Crippen MR) is 87.1 cm³/mol. The molecule has 2 saturated heterocycles. The van der Waals surface area contributed by atoms with Gasteiger partial charge in [0.25, 0.3) is 5.91 Å². The second-order valence-corrected chi connectivity index (χ2v) is 6.94. The molecular weight excluding hydrogens is 292 g/mol. The third-order valence-electron chi connectivity index (χ3n) is 5.18. The summed E-state index contributed by atoms with van der Waals surface area (Å²) in [6.45, 7) is 6.01. The standard InChI is InChI=1S/C18H24N2O3/c1-2-15-11-22-16-4-3-13(8-17(16)23-15)18(21)19-14-7-12-5-6-20(9-12)10-14/h3-4,8,12,14-15H,2,5-7,9-11H2,1H3,(H,19,21)/t12-,14-,15+/m1/s1. The number of carbonyl (C=O) groups excluding carboxylic acids is 1. The number of fused-ring (bicyclic) bond motifs is 3. The van der Waals surface area contributed by atoms with Crippen molar-refractivity contribution in [3.05, 3.63) is 23.8 Å². The lowest BCUT2D eigenvalue weighted by Crippen LogP contribution is -2.47. The smallest absolute Gasteiger partial charge is 0.251 e. The van der Waals surface area contributed by atoms with Crippen molar-refractivity contribution < 1.29 is 14.3 Å². The molecule has 0 aliphatic carbocycles. The highest BCUT2D eigenvalue weighted by Crippen LogP contribution is 2.33. The molecule has 0 aromatic heterocycles. The van der Waals surface area contributed by atoms with E-state index in [2.05, 4.69) is 17.1 Å². The summed E-state index contributed by atoms with van der Waals surface area (Å²) in [5.74, 6) is 2.15. The van der Waals surface area contributed by atoms with Gasteiger partial charge < -0.3 is 19.7 Å². The van der Waals surface area contributed by atoms with Crippen molar-refractivity contribution in [3.63, 3.8) is 0 Å². The minimum Gasteiger partial charge on any atom is -0.486 e. The normalized spacial score (nSPS) is 31.7. The molecule has 2 bridgehead atoms. The van der Waals surface area contributed by atoms with E-state index in [0.717, 1.165) is 31.1 Å². The van der Waals surface area contributed by atoms with Gasteiger partial charge in [-0.25, -0.2) is 0 Å². The molecule has 0 radical (unpaired) electrons. The Morgan fingerprint density at radius 2 is 2.26 bits per heavy atom. The van der Waals surface area contributed by atoms with E-state index < -0.39 is 0 Å². The Morgan fingerprint density at radius 1 is 1.35 bits per heavy atom. The van der Waals surface area contributed by atoms with Crippen LogP contribution in [0.2, 0.25) is 0 Å². The second-order valence-electron chi connectivity index (χ2n) is 6.94. The van der Waals surface area contributed by atoms with E-state index in [1.54, 1.807) is 0 Å². The fraction of sp³-hybridized carbons (Fsp3) is 0.611. The summed E-state index contributed by atoms with van der Waals surface area (Å²) in [4.78, 5) is 15.0. The van der Waals surface area contributed by atoms with Gasteiger partial charge in [0, 0.05) is 24.7 Å². The average Bonchev–Trinajstić information content (AvgIpc) is 2.92. The SMILES string of the molecule is CC[C@H]1COc2ccc(C(=O)N[C@@H]3C[C@H]4CCN(C4)C3)cc2O1. The highest BCUT2D eigenvalue weighted by molar-refractivity contribution is 5.95. The van der Waals surface area contributed by atoms with Gasteiger partial charge in [-0.1, -0.05) is 6.92 Å². The molecule has 23 heavy (non-hydrogen) atoms. The van der Waals surface area contributed by atoms with Gasteiger partial charge in [0.15, 0.2) is 11.5 Å². The molecule has 2 fully saturated rings. The fourth-order valence-electron chi connectivity index (χ4n) is 3.89. The molecule has 3 aliphatic rings. The molecule has 1 aromatic rings. The first-order chi connectivity index (χ1) is 11.2. The van der Waals surface area contributed by atoms with Gasteiger partial charge in [-0.3, -0.25) is 4.79 Å². The Hall–Kier alpha value is -1.75. The monoisotopic (exact) mass is 316 g/mol. The number of hydrogen-bond donors (Lipinski definition) is 1. The molecule has 1 amide bonds. The molecule has 0 spiro atoms. The Morgan fingerprint density at radius 3 is 3.09 bits per heavy atom. The van der Waals surface area contributed by atoms with Crippen LogP contribution in [0.25, 0.3) is 0 Å². The van der Waals surface area contributed by atoms with Gasteiger partial charge >= 0.3 is 0 Å². The predicted octanol–water partition coefficient (Wildman–Crippen LogP) is 2.06. The zero-order valence-electron chi connectivity index (χ0n) is 13.6. The van der Waals surface area contributed by atoms with E-state index in [9.17, 15) is 4.79 Å². The maximum absolute atomic E-state index is 12.6. The first-order valence-corrected chi connectivity index (χ1v) is 8.68. The topological polar surface area (TPSA) is 50.8 Å². The molecule has 4 atom stereocenters. The maximum Gasteiger partial charge on any atom is 0.251 e. The van der Waals surface area contributed by atoms with Gasteiger partial charge in [0.2, 0.25) is 0 Å². The zero-order chi connectivity index (χ0) is 15.8. The Labute approximate surface area is 136 Å². The van der Waals surface area contributed by atoms with Gasteiger partial charge in [0.1, 0.15) is 12.7 Å². The van der Waals surface area contributed by atoms with Crippen LogP contribution in [0.4, 0.5) is 0 Å². The van der Waals surface area contributed by atoms with Crippen LogP contribution in [-0.4, -0.2) is 49.2 Å². The molecule has 1 aromatic carbocycles. The minimum absolute atomic E-state index is 0.0116. The van der Waals surface area contributed by atoms with Crippen LogP contribution in [0, 0.1) is 5.92 Å². The molecule has 0 saturated carbocycles. The quantitative estimate of drug-likeness (QED) is 0.927. The van der Waals surface area contributed by atoms with Gasteiger partial charge in [-0.05, 0) is 49.9 Å². The molecule has 3 heterocycles. The first kappa shape index (κ1) is 14.8. The van der Waals surface area contributed by atoms with E-state index >= 15 is 0 Å². The van der Waals surface area contributed by atoms with E-state index in [0.29, 0.717) is 17.9 Å². The maximum atomic E-state index is 12.6. The highest BCUT2D eigenvalue weighted by Gasteiger charge is 2.33. The van der Waals surface area contributed by atoms with Crippen LogP contribution in [0.15, 0.2) is 18.2 Å². The van der Waals surface area contributed by atoms with E-state index in [1.807, 2.05) is 18.2 Å². The van der Waals surface area contributed by atoms with E-state index in [4.69, 9.17) is 9.47 Å². The minimum atomic E-state index is -0.0116. The third kappa shape index (κ3) is 3.02. The van der Waals surface area contributed by atoms with Crippen molar-refractivity contribution >= 4 is 5.91 Å². The number of amides is 1. The number of nitrogens with one attached hydrogen (secondary N) is 1. The van der Waals surface area contributed by atoms with Crippen LogP contribution in [-0.2, 0) is 0 Å². The summed E-state index contributed by atoms with van der Waals surface area (Å²) in [7, 11) is 0.